The van der Waals surface area contributed by atoms with E-state index in [0.717, 1.165) is 0 Å². The highest BCUT2D eigenvalue weighted by Crippen LogP contribution is 2.35. The lowest BCUT2D eigenvalue weighted by molar-refractivity contribution is 0.430. The molecule has 0 nitrogen and oxygen atoms in total. The molecule has 2 rings (SSSR count). The molecule has 0 radical (unpaired) electrons. The Morgan fingerprint density at radius 3 is 0.938 bits per heavy atom. The van der Waals surface area contributed by atoms with Crippen LogP contribution in [0.5, 0.6) is 0 Å². The molecule has 0 spiro atoms. The lowest BCUT2D eigenvalue weighted by atomic mass is 9.74. The van der Waals surface area contributed by atoms with Crippen molar-refractivity contribution in [1.82, 2.24) is 0 Å². The molecule has 0 saturated carbocycles. The zero-order chi connectivity index (χ0) is 24.4. The first kappa shape index (κ1) is 28.5. The Kier molecular flexibility index (Phi) is 11.8. The summed E-state index contributed by atoms with van der Waals surface area (Å²) < 4.78 is 0. The first-order chi connectivity index (χ1) is 15.1. The van der Waals surface area contributed by atoms with Crippen LogP contribution in [0.1, 0.15) is 142 Å². The molecule has 180 valence electrons. The van der Waals surface area contributed by atoms with Gasteiger partial charge in [-0.15, -0.1) is 0 Å². The van der Waals surface area contributed by atoms with E-state index < -0.39 is 0 Å². The predicted octanol–water partition coefficient (Wildman–Crippen LogP) is 10.6. The number of rotatable bonds is 10. The van der Waals surface area contributed by atoms with E-state index in [-0.39, 0.29) is 0 Å². The van der Waals surface area contributed by atoms with Crippen molar-refractivity contribution < 1.29 is 0 Å². The summed E-state index contributed by atoms with van der Waals surface area (Å²) in [6.45, 7) is 23.0. The molecule has 0 aliphatic rings. The molecule has 0 fully saturated rings. The largest absolute Gasteiger partial charge is 0.0648 e. The van der Waals surface area contributed by atoms with Crippen LogP contribution in [0.15, 0.2) is 48.5 Å². The Hall–Kier alpha value is -1.56. The van der Waals surface area contributed by atoms with Crippen LogP contribution in [0.25, 0.3) is 0 Å². The Morgan fingerprint density at radius 2 is 0.750 bits per heavy atom. The molecular weight excluding hydrogens is 384 g/mol. The average Bonchev–Trinajstić information content (AvgIpc) is 2.87. The van der Waals surface area contributed by atoms with Crippen molar-refractivity contribution in [3.05, 3.63) is 70.8 Å². The molecule has 0 N–H and O–H groups in total. The van der Waals surface area contributed by atoms with Crippen LogP contribution in [0.2, 0.25) is 0 Å². The van der Waals surface area contributed by atoms with Gasteiger partial charge in [0, 0.05) is 0 Å². The third-order valence-corrected chi connectivity index (χ3v) is 8.70. The van der Waals surface area contributed by atoms with Crippen LogP contribution >= 0.6 is 0 Å². The molecule has 0 saturated heterocycles. The SMILES string of the molecule is CCC(C)(CC)c1ccc(C(C)(CC)CC)cc1.CCC(C)c1ccc(C(C)CC)cc1. The van der Waals surface area contributed by atoms with Crippen LogP contribution in [0.4, 0.5) is 0 Å². The molecule has 2 atom stereocenters. The molecule has 32 heavy (non-hydrogen) atoms. The van der Waals surface area contributed by atoms with Gasteiger partial charge in [0.05, 0.1) is 0 Å². The maximum Gasteiger partial charge on any atom is -0.00805 e. The molecule has 0 aromatic heterocycles. The van der Waals surface area contributed by atoms with Gasteiger partial charge in [-0.25, -0.2) is 0 Å². The van der Waals surface area contributed by atoms with Gasteiger partial charge >= 0.3 is 0 Å². The van der Waals surface area contributed by atoms with Crippen LogP contribution in [-0.2, 0) is 10.8 Å². The van der Waals surface area contributed by atoms with Gasteiger partial charge in [-0.1, -0.05) is 118 Å². The van der Waals surface area contributed by atoms with Crippen molar-refractivity contribution in [3.63, 3.8) is 0 Å². The van der Waals surface area contributed by atoms with E-state index in [2.05, 4.69) is 118 Å². The molecule has 2 unspecified atom stereocenters. The van der Waals surface area contributed by atoms with E-state index in [4.69, 9.17) is 0 Å². The van der Waals surface area contributed by atoms with Gasteiger partial charge in [0.15, 0.2) is 0 Å². The monoisotopic (exact) mass is 436 g/mol. The molecule has 0 aliphatic heterocycles. The van der Waals surface area contributed by atoms with E-state index in [1.807, 2.05) is 0 Å². The summed E-state index contributed by atoms with van der Waals surface area (Å²) in [5.41, 5.74) is 6.61. The first-order valence-corrected chi connectivity index (χ1v) is 13.3. The van der Waals surface area contributed by atoms with Gasteiger partial charge in [-0.05, 0) is 83.4 Å². The molecule has 0 heterocycles. The third kappa shape index (κ3) is 7.23. The summed E-state index contributed by atoms with van der Waals surface area (Å²) >= 11 is 0. The van der Waals surface area contributed by atoms with Crippen molar-refractivity contribution in [2.24, 2.45) is 0 Å². The highest BCUT2D eigenvalue weighted by atomic mass is 14.3. The van der Waals surface area contributed by atoms with Gasteiger partial charge in [0.25, 0.3) is 0 Å². The van der Waals surface area contributed by atoms with Crippen LogP contribution in [-0.4, -0.2) is 0 Å². The molecule has 2 aromatic rings. The smallest absolute Gasteiger partial charge is 0.00805 e. The minimum atomic E-state index is 0.341. The highest BCUT2D eigenvalue weighted by molar-refractivity contribution is 5.32. The highest BCUT2D eigenvalue weighted by Gasteiger charge is 2.25. The van der Waals surface area contributed by atoms with Crippen molar-refractivity contribution >= 4 is 0 Å². The molecule has 2 aromatic carbocycles. The fourth-order valence-electron chi connectivity index (χ4n) is 4.22. The van der Waals surface area contributed by atoms with E-state index >= 15 is 0 Å². The maximum absolute atomic E-state index is 2.38. The molecule has 0 amide bonds. The van der Waals surface area contributed by atoms with Crippen molar-refractivity contribution in [3.8, 4) is 0 Å². The van der Waals surface area contributed by atoms with Gasteiger partial charge in [0.1, 0.15) is 0 Å². The lowest BCUT2D eigenvalue weighted by Crippen LogP contribution is -2.22. The standard InChI is InChI=1S/C18H30.C14H22/c1-7-17(5,8-2)15-11-13-16(14-12-15)18(6,9-3)10-4;1-5-11(3)13-7-9-14(10-8-13)12(4)6-2/h11-14H,7-10H2,1-6H3;7-12H,5-6H2,1-4H3. The Morgan fingerprint density at radius 1 is 0.500 bits per heavy atom. The van der Waals surface area contributed by atoms with E-state index in [1.165, 1.54) is 60.8 Å². The Balaban J connectivity index is 0.000000330. The Labute approximate surface area is 201 Å². The average molecular weight is 437 g/mol. The number of benzene rings is 2. The minimum Gasteiger partial charge on any atom is -0.0648 e. The van der Waals surface area contributed by atoms with E-state index in [1.54, 1.807) is 0 Å². The summed E-state index contributed by atoms with van der Waals surface area (Å²) in [6, 6.07) is 18.6. The second-order valence-electron chi connectivity index (χ2n) is 10.4. The van der Waals surface area contributed by atoms with Crippen LogP contribution < -0.4 is 0 Å². The van der Waals surface area contributed by atoms with Gasteiger partial charge in [0.2, 0.25) is 0 Å². The first-order valence-electron chi connectivity index (χ1n) is 13.3. The second kappa shape index (κ2) is 13.2. The predicted molar refractivity (Wildman–Crippen MR) is 146 cm³/mol. The summed E-state index contributed by atoms with van der Waals surface area (Å²) in [4.78, 5) is 0. The summed E-state index contributed by atoms with van der Waals surface area (Å²) in [6.07, 6.45) is 7.29. The molecular formula is C32H52. The van der Waals surface area contributed by atoms with E-state index in [9.17, 15) is 0 Å². The summed E-state index contributed by atoms with van der Waals surface area (Å²) in [5, 5.41) is 0. The van der Waals surface area contributed by atoms with Crippen molar-refractivity contribution in [2.75, 3.05) is 0 Å². The summed E-state index contributed by atoms with van der Waals surface area (Å²) in [5.74, 6) is 1.39. The fraction of sp³-hybridized carbons (Fsp3) is 0.625. The minimum absolute atomic E-state index is 0.341. The Bertz CT molecular complexity index is 676. The fourth-order valence-corrected chi connectivity index (χ4v) is 4.22. The molecule has 0 aliphatic carbocycles. The van der Waals surface area contributed by atoms with Gasteiger partial charge in [-0.3, -0.25) is 0 Å². The van der Waals surface area contributed by atoms with E-state index in [0.29, 0.717) is 22.7 Å². The maximum atomic E-state index is 2.38. The van der Waals surface area contributed by atoms with Crippen LogP contribution in [0, 0.1) is 0 Å². The summed E-state index contributed by atoms with van der Waals surface area (Å²) in [7, 11) is 0. The van der Waals surface area contributed by atoms with Gasteiger partial charge < -0.3 is 0 Å². The zero-order valence-corrected chi connectivity index (χ0v) is 23.0. The topological polar surface area (TPSA) is 0 Å². The van der Waals surface area contributed by atoms with Crippen molar-refractivity contribution in [1.29, 1.82) is 0 Å². The molecule has 0 heteroatoms. The quantitative estimate of drug-likeness (QED) is 0.347. The lowest BCUT2D eigenvalue weighted by Gasteiger charge is -2.30. The van der Waals surface area contributed by atoms with Crippen molar-refractivity contribution in [2.45, 2.75) is 130 Å². The second-order valence-corrected chi connectivity index (χ2v) is 10.4. The normalized spacial score (nSPS) is 13.8. The number of hydrogen-bond donors (Lipinski definition) is 0. The zero-order valence-electron chi connectivity index (χ0n) is 23.0. The van der Waals surface area contributed by atoms with Crippen LogP contribution in [0.3, 0.4) is 0 Å². The number of hydrogen-bond acceptors (Lipinski definition) is 0. The van der Waals surface area contributed by atoms with Gasteiger partial charge in [-0.2, -0.15) is 0 Å². The third-order valence-electron chi connectivity index (χ3n) is 8.70. The molecule has 0 bridgehead atoms.